The van der Waals surface area contributed by atoms with E-state index >= 15 is 0 Å². The summed E-state index contributed by atoms with van der Waals surface area (Å²) < 4.78 is 0. The van der Waals surface area contributed by atoms with Crippen molar-refractivity contribution in [2.24, 2.45) is 0 Å². The van der Waals surface area contributed by atoms with Gasteiger partial charge >= 0.3 is 0 Å². The molecule has 1 nitrogen and oxygen atoms in total. The Balaban J connectivity index is 2.91. The Morgan fingerprint density at radius 1 is 1.06 bits per heavy atom. The van der Waals surface area contributed by atoms with E-state index in [9.17, 15) is 0 Å². The first-order valence-corrected chi connectivity index (χ1v) is 6.74. The topological polar surface area (TPSA) is 26.0 Å². The molecular formula is C14H23NS. The smallest absolute Gasteiger partial charge is 0.0484 e. The number of rotatable bonds is 6. The lowest BCUT2D eigenvalue weighted by atomic mass is 9.96. The van der Waals surface area contributed by atoms with Crippen LogP contribution in [0.1, 0.15) is 50.7 Å². The van der Waals surface area contributed by atoms with Crippen LogP contribution < -0.4 is 5.73 Å². The molecule has 2 N–H and O–H groups in total. The second-order valence-electron chi connectivity index (χ2n) is 4.34. The standard InChI is InChI=1S/C14H23NS/c1-3-5-7-11-9-10-13(16)14(15)12(11)8-6-4-2/h9-10,16H,3-8,15H2,1-2H3. The molecule has 0 aliphatic rings. The Morgan fingerprint density at radius 2 is 1.69 bits per heavy atom. The summed E-state index contributed by atoms with van der Waals surface area (Å²) in [7, 11) is 0. The molecule has 0 saturated heterocycles. The van der Waals surface area contributed by atoms with Gasteiger partial charge in [-0.05, 0) is 42.9 Å². The van der Waals surface area contributed by atoms with Crippen molar-refractivity contribution in [2.45, 2.75) is 57.3 Å². The zero-order valence-corrected chi connectivity index (χ0v) is 11.3. The molecule has 0 aliphatic carbocycles. The van der Waals surface area contributed by atoms with Gasteiger partial charge in [0.25, 0.3) is 0 Å². The highest BCUT2D eigenvalue weighted by Crippen LogP contribution is 2.27. The van der Waals surface area contributed by atoms with Gasteiger partial charge in [0.15, 0.2) is 0 Å². The van der Waals surface area contributed by atoms with E-state index in [1.807, 2.05) is 6.07 Å². The summed E-state index contributed by atoms with van der Waals surface area (Å²) in [6.45, 7) is 4.44. The Labute approximate surface area is 105 Å². The lowest BCUT2D eigenvalue weighted by Gasteiger charge is -2.13. The molecule has 0 unspecified atom stereocenters. The summed E-state index contributed by atoms with van der Waals surface area (Å²) in [5.41, 5.74) is 9.77. The molecule has 0 fully saturated rings. The van der Waals surface area contributed by atoms with Crippen molar-refractivity contribution in [2.75, 3.05) is 5.73 Å². The third-order valence-corrected chi connectivity index (χ3v) is 3.40. The fourth-order valence-corrected chi connectivity index (χ4v) is 2.16. The van der Waals surface area contributed by atoms with Gasteiger partial charge in [0.05, 0.1) is 0 Å². The molecule has 0 aromatic heterocycles. The van der Waals surface area contributed by atoms with Crippen LogP contribution in [0.5, 0.6) is 0 Å². The summed E-state index contributed by atoms with van der Waals surface area (Å²) in [4.78, 5) is 0.923. The van der Waals surface area contributed by atoms with Gasteiger partial charge in [0, 0.05) is 10.6 Å². The minimum atomic E-state index is 0.894. The summed E-state index contributed by atoms with van der Waals surface area (Å²) in [5.74, 6) is 0. The Morgan fingerprint density at radius 3 is 2.31 bits per heavy atom. The second kappa shape index (κ2) is 6.85. The van der Waals surface area contributed by atoms with Crippen molar-refractivity contribution in [3.05, 3.63) is 23.3 Å². The zero-order valence-electron chi connectivity index (χ0n) is 10.4. The van der Waals surface area contributed by atoms with E-state index in [2.05, 4.69) is 32.5 Å². The van der Waals surface area contributed by atoms with Crippen LogP contribution in [0, 0.1) is 0 Å². The van der Waals surface area contributed by atoms with Crippen molar-refractivity contribution in [3.63, 3.8) is 0 Å². The summed E-state index contributed by atoms with van der Waals surface area (Å²) >= 11 is 4.40. The molecule has 0 atom stereocenters. The molecule has 0 bridgehead atoms. The fraction of sp³-hybridized carbons (Fsp3) is 0.571. The largest absolute Gasteiger partial charge is 0.398 e. The van der Waals surface area contributed by atoms with Gasteiger partial charge in [0.2, 0.25) is 0 Å². The first kappa shape index (κ1) is 13.4. The lowest BCUT2D eigenvalue weighted by molar-refractivity contribution is 0.758. The van der Waals surface area contributed by atoms with Crippen molar-refractivity contribution in [1.29, 1.82) is 0 Å². The normalized spacial score (nSPS) is 10.7. The van der Waals surface area contributed by atoms with E-state index in [1.165, 1.54) is 36.8 Å². The molecule has 1 rings (SSSR count). The number of aryl methyl sites for hydroxylation is 1. The first-order chi connectivity index (χ1) is 7.70. The monoisotopic (exact) mass is 237 g/mol. The minimum Gasteiger partial charge on any atom is -0.398 e. The third kappa shape index (κ3) is 3.44. The summed E-state index contributed by atoms with van der Waals surface area (Å²) in [5, 5.41) is 0. The average molecular weight is 237 g/mol. The van der Waals surface area contributed by atoms with Crippen LogP contribution in [-0.4, -0.2) is 0 Å². The number of hydrogen-bond acceptors (Lipinski definition) is 2. The number of anilines is 1. The van der Waals surface area contributed by atoms with Crippen molar-refractivity contribution < 1.29 is 0 Å². The second-order valence-corrected chi connectivity index (χ2v) is 4.82. The van der Waals surface area contributed by atoms with Crippen LogP contribution in [0.15, 0.2) is 17.0 Å². The maximum Gasteiger partial charge on any atom is 0.0484 e. The number of thiol groups is 1. The van der Waals surface area contributed by atoms with Gasteiger partial charge in [-0.25, -0.2) is 0 Å². The fourth-order valence-electron chi connectivity index (χ4n) is 1.95. The Kier molecular flexibility index (Phi) is 5.75. The molecule has 0 radical (unpaired) electrons. The molecule has 1 aromatic carbocycles. The van der Waals surface area contributed by atoms with E-state index in [0.717, 1.165) is 23.4 Å². The number of nitrogen functional groups attached to an aromatic ring is 1. The van der Waals surface area contributed by atoms with Crippen LogP contribution in [0.4, 0.5) is 5.69 Å². The van der Waals surface area contributed by atoms with Gasteiger partial charge < -0.3 is 5.73 Å². The van der Waals surface area contributed by atoms with E-state index in [-0.39, 0.29) is 0 Å². The van der Waals surface area contributed by atoms with Gasteiger partial charge in [-0.3, -0.25) is 0 Å². The highest BCUT2D eigenvalue weighted by Gasteiger charge is 2.08. The molecule has 1 aromatic rings. The van der Waals surface area contributed by atoms with Gasteiger partial charge in [-0.1, -0.05) is 32.8 Å². The predicted octanol–water partition coefficient (Wildman–Crippen LogP) is 4.24. The SMILES string of the molecule is CCCCc1ccc(S)c(N)c1CCCC. The lowest BCUT2D eigenvalue weighted by Crippen LogP contribution is -2.02. The van der Waals surface area contributed by atoms with Crippen molar-refractivity contribution in [3.8, 4) is 0 Å². The molecule has 16 heavy (non-hydrogen) atoms. The Hall–Kier alpha value is -0.630. The highest BCUT2D eigenvalue weighted by molar-refractivity contribution is 7.80. The number of unbranched alkanes of at least 4 members (excludes halogenated alkanes) is 2. The van der Waals surface area contributed by atoms with Crippen molar-refractivity contribution in [1.82, 2.24) is 0 Å². The molecule has 90 valence electrons. The van der Waals surface area contributed by atoms with Crippen LogP contribution in [0.25, 0.3) is 0 Å². The molecule has 0 amide bonds. The van der Waals surface area contributed by atoms with Crippen LogP contribution in [-0.2, 0) is 12.8 Å². The highest BCUT2D eigenvalue weighted by atomic mass is 32.1. The van der Waals surface area contributed by atoms with E-state index in [4.69, 9.17) is 5.73 Å². The average Bonchev–Trinajstić information content (AvgIpc) is 2.29. The Bertz CT molecular complexity index is 334. The van der Waals surface area contributed by atoms with Crippen LogP contribution in [0.3, 0.4) is 0 Å². The third-order valence-electron chi connectivity index (χ3n) is 3.01. The maximum absolute atomic E-state index is 6.12. The molecule has 2 heteroatoms. The van der Waals surface area contributed by atoms with E-state index in [1.54, 1.807) is 0 Å². The zero-order chi connectivity index (χ0) is 12.0. The first-order valence-electron chi connectivity index (χ1n) is 6.29. The van der Waals surface area contributed by atoms with Gasteiger partial charge in [-0.15, -0.1) is 12.6 Å². The number of nitrogens with two attached hydrogens (primary N) is 1. The summed E-state index contributed by atoms with van der Waals surface area (Å²) in [6, 6.07) is 4.22. The predicted molar refractivity (Wildman–Crippen MR) is 75.3 cm³/mol. The minimum absolute atomic E-state index is 0.894. The molecular weight excluding hydrogens is 214 g/mol. The number of benzene rings is 1. The molecule has 0 spiro atoms. The molecule has 0 heterocycles. The van der Waals surface area contributed by atoms with Crippen LogP contribution >= 0.6 is 12.6 Å². The number of hydrogen-bond donors (Lipinski definition) is 2. The molecule has 0 aliphatic heterocycles. The molecule has 0 saturated carbocycles. The van der Waals surface area contributed by atoms with E-state index < -0.39 is 0 Å². The summed E-state index contributed by atoms with van der Waals surface area (Å²) in [6.07, 6.45) is 7.13. The van der Waals surface area contributed by atoms with Crippen LogP contribution in [0.2, 0.25) is 0 Å². The maximum atomic E-state index is 6.12. The quantitative estimate of drug-likeness (QED) is 0.561. The van der Waals surface area contributed by atoms with Gasteiger partial charge in [0.1, 0.15) is 0 Å². The van der Waals surface area contributed by atoms with Gasteiger partial charge in [-0.2, -0.15) is 0 Å². The van der Waals surface area contributed by atoms with Crippen molar-refractivity contribution >= 4 is 18.3 Å². The van der Waals surface area contributed by atoms with E-state index in [0.29, 0.717) is 0 Å².